The van der Waals surface area contributed by atoms with Gasteiger partial charge in [0.1, 0.15) is 0 Å². The molecule has 0 bridgehead atoms. The molecule has 0 saturated carbocycles. The van der Waals surface area contributed by atoms with Crippen LogP contribution in [0.15, 0.2) is 18.5 Å². The standard InChI is InChI=1S/C14H21N3O4/c1-20-6-3-4-16-13(18)11-8-12(10-15-9-11)14(19)17-5-7-21-2/h8-10H,3-7H2,1-2H3,(H,16,18)(H,17,19). The summed E-state index contributed by atoms with van der Waals surface area (Å²) in [6, 6.07) is 1.51. The van der Waals surface area contributed by atoms with E-state index in [4.69, 9.17) is 9.47 Å². The lowest BCUT2D eigenvalue weighted by atomic mass is 10.2. The van der Waals surface area contributed by atoms with E-state index < -0.39 is 0 Å². The first-order valence-corrected chi connectivity index (χ1v) is 6.68. The Balaban J connectivity index is 2.54. The third kappa shape index (κ3) is 6.33. The zero-order valence-corrected chi connectivity index (χ0v) is 12.3. The van der Waals surface area contributed by atoms with Crippen molar-refractivity contribution in [3.05, 3.63) is 29.6 Å². The number of hydrogen-bond acceptors (Lipinski definition) is 5. The van der Waals surface area contributed by atoms with Gasteiger partial charge in [0.05, 0.1) is 17.7 Å². The fourth-order valence-corrected chi connectivity index (χ4v) is 1.58. The Labute approximate surface area is 124 Å². The number of amides is 2. The number of nitrogens with one attached hydrogen (secondary N) is 2. The molecule has 0 aliphatic heterocycles. The summed E-state index contributed by atoms with van der Waals surface area (Å²) in [7, 11) is 3.17. The minimum absolute atomic E-state index is 0.259. The van der Waals surface area contributed by atoms with Crippen molar-refractivity contribution in [1.82, 2.24) is 15.6 Å². The van der Waals surface area contributed by atoms with E-state index in [1.54, 1.807) is 14.2 Å². The lowest BCUT2D eigenvalue weighted by molar-refractivity contribution is 0.0936. The minimum Gasteiger partial charge on any atom is -0.385 e. The second-order valence-corrected chi connectivity index (χ2v) is 4.31. The van der Waals surface area contributed by atoms with Crippen LogP contribution in [0.5, 0.6) is 0 Å². The van der Waals surface area contributed by atoms with Crippen molar-refractivity contribution in [2.75, 3.05) is 40.5 Å². The van der Waals surface area contributed by atoms with Crippen LogP contribution < -0.4 is 10.6 Å². The summed E-state index contributed by atoms with van der Waals surface area (Å²) < 4.78 is 9.75. The fraction of sp³-hybridized carbons (Fsp3) is 0.500. The van der Waals surface area contributed by atoms with Gasteiger partial charge in [-0.1, -0.05) is 0 Å². The highest BCUT2D eigenvalue weighted by atomic mass is 16.5. The molecule has 1 aromatic heterocycles. The number of nitrogens with zero attached hydrogens (tertiary/aromatic N) is 1. The Morgan fingerprint density at radius 2 is 1.57 bits per heavy atom. The summed E-state index contributed by atoms with van der Waals surface area (Å²) in [6.45, 7) is 1.93. The van der Waals surface area contributed by atoms with E-state index in [-0.39, 0.29) is 11.8 Å². The van der Waals surface area contributed by atoms with Gasteiger partial charge in [-0.05, 0) is 12.5 Å². The van der Waals surface area contributed by atoms with Crippen LogP contribution in [-0.2, 0) is 9.47 Å². The molecule has 7 heteroatoms. The highest BCUT2D eigenvalue weighted by molar-refractivity contribution is 5.99. The third-order valence-electron chi connectivity index (χ3n) is 2.67. The van der Waals surface area contributed by atoms with Gasteiger partial charge in [0.2, 0.25) is 0 Å². The van der Waals surface area contributed by atoms with Gasteiger partial charge in [-0.25, -0.2) is 0 Å². The molecule has 0 unspecified atom stereocenters. The second kappa shape index (κ2) is 9.84. The average Bonchev–Trinajstić information content (AvgIpc) is 2.51. The van der Waals surface area contributed by atoms with Crippen LogP contribution in [0, 0.1) is 0 Å². The SMILES string of the molecule is COCCCNC(=O)c1cncc(C(=O)NCCOC)c1. The minimum atomic E-state index is -0.284. The first kappa shape index (κ1) is 17.1. The Morgan fingerprint density at radius 3 is 2.14 bits per heavy atom. The van der Waals surface area contributed by atoms with E-state index in [9.17, 15) is 9.59 Å². The summed E-state index contributed by atoms with van der Waals surface area (Å²) in [5.74, 6) is -0.543. The molecule has 0 atom stereocenters. The van der Waals surface area contributed by atoms with Crippen molar-refractivity contribution in [1.29, 1.82) is 0 Å². The van der Waals surface area contributed by atoms with Gasteiger partial charge in [-0.15, -0.1) is 0 Å². The maximum absolute atomic E-state index is 11.9. The number of carbonyl (C=O) groups excluding carboxylic acids is 2. The van der Waals surface area contributed by atoms with Crippen molar-refractivity contribution in [2.45, 2.75) is 6.42 Å². The Hall–Kier alpha value is -1.99. The molecule has 0 fully saturated rings. The van der Waals surface area contributed by atoms with Crippen LogP contribution >= 0.6 is 0 Å². The lowest BCUT2D eigenvalue weighted by Crippen LogP contribution is -2.28. The number of methoxy groups -OCH3 is 2. The maximum Gasteiger partial charge on any atom is 0.252 e. The van der Waals surface area contributed by atoms with Gasteiger partial charge in [-0.3, -0.25) is 14.6 Å². The van der Waals surface area contributed by atoms with Crippen LogP contribution in [0.1, 0.15) is 27.1 Å². The smallest absolute Gasteiger partial charge is 0.252 e. The monoisotopic (exact) mass is 295 g/mol. The molecule has 2 N–H and O–H groups in total. The molecule has 0 radical (unpaired) electrons. The molecular formula is C14H21N3O4. The molecule has 1 heterocycles. The lowest BCUT2D eigenvalue weighted by Gasteiger charge is -2.07. The Morgan fingerprint density at radius 1 is 1.00 bits per heavy atom. The zero-order valence-electron chi connectivity index (χ0n) is 12.3. The summed E-state index contributed by atoms with van der Waals surface area (Å²) in [5, 5.41) is 5.42. The first-order chi connectivity index (χ1) is 10.2. The van der Waals surface area contributed by atoms with E-state index in [0.29, 0.717) is 37.4 Å². The summed E-state index contributed by atoms with van der Waals surface area (Å²) >= 11 is 0. The van der Waals surface area contributed by atoms with E-state index in [1.807, 2.05) is 0 Å². The van der Waals surface area contributed by atoms with Gasteiger partial charge in [0.25, 0.3) is 11.8 Å². The quantitative estimate of drug-likeness (QED) is 0.636. The van der Waals surface area contributed by atoms with Gasteiger partial charge in [-0.2, -0.15) is 0 Å². The molecule has 0 aromatic carbocycles. The molecular weight excluding hydrogens is 274 g/mol. The van der Waals surface area contributed by atoms with E-state index in [0.717, 1.165) is 6.42 Å². The van der Waals surface area contributed by atoms with Gasteiger partial charge in [0.15, 0.2) is 0 Å². The Kier molecular flexibility index (Phi) is 8.00. The summed E-state index contributed by atoms with van der Waals surface area (Å²) in [6.07, 6.45) is 3.58. The molecule has 7 nitrogen and oxygen atoms in total. The fourth-order valence-electron chi connectivity index (χ4n) is 1.58. The van der Waals surface area contributed by atoms with E-state index >= 15 is 0 Å². The molecule has 21 heavy (non-hydrogen) atoms. The van der Waals surface area contributed by atoms with Crippen LogP contribution in [0.2, 0.25) is 0 Å². The number of aromatic nitrogens is 1. The van der Waals surface area contributed by atoms with Crippen LogP contribution in [0.25, 0.3) is 0 Å². The van der Waals surface area contributed by atoms with Crippen LogP contribution in [0.3, 0.4) is 0 Å². The Bertz CT molecular complexity index is 465. The van der Waals surface area contributed by atoms with Crippen molar-refractivity contribution < 1.29 is 19.1 Å². The summed E-state index contributed by atoms with van der Waals surface area (Å²) in [4.78, 5) is 27.7. The molecule has 1 rings (SSSR count). The number of rotatable bonds is 9. The number of pyridine rings is 1. The largest absolute Gasteiger partial charge is 0.385 e. The predicted molar refractivity (Wildman–Crippen MR) is 77.3 cm³/mol. The third-order valence-corrected chi connectivity index (χ3v) is 2.67. The molecule has 0 saturated heterocycles. The molecule has 2 amide bonds. The zero-order chi connectivity index (χ0) is 15.5. The van der Waals surface area contributed by atoms with Gasteiger partial charge < -0.3 is 20.1 Å². The highest BCUT2D eigenvalue weighted by Crippen LogP contribution is 2.03. The average molecular weight is 295 g/mol. The molecule has 116 valence electrons. The van der Waals surface area contributed by atoms with Crippen molar-refractivity contribution in [2.24, 2.45) is 0 Å². The normalized spacial score (nSPS) is 10.2. The van der Waals surface area contributed by atoms with E-state index in [2.05, 4.69) is 15.6 Å². The topological polar surface area (TPSA) is 89.5 Å². The molecule has 0 aliphatic rings. The van der Waals surface area contributed by atoms with Gasteiger partial charge in [0, 0.05) is 46.3 Å². The molecule has 0 spiro atoms. The summed E-state index contributed by atoms with van der Waals surface area (Å²) in [5.41, 5.74) is 0.697. The number of hydrogen-bond donors (Lipinski definition) is 2. The van der Waals surface area contributed by atoms with Crippen molar-refractivity contribution >= 4 is 11.8 Å². The molecule has 0 aliphatic carbocycles. The van der Waals surface area contributed by atoms with Crippen molar-refractivity contribution in [3.63, 3.8) is 0 Å². The van der Waals surface area contributed by atoms with Crippen molar-refractivity contribution in [3.8, 4) is 0 Å². The highest BCUT2D eigenvalue weighted by Gasteiger charge is 2.10. The predicted octanol–water partition coefficient (Wildman–Crippen LogP) is 0.224. The second-order valence-electron chi connectivity index (χ2n) is 4.31. The number of carbonyl (C=O) groups is 2. The molecule has 1 aromatic rings. The number of ether oxygens (including phenoxy) is 2. The van der Waals surface area contributed by atoms with Crippen LogP contribution in [0.4, 0.5) is 0 Å². The maximum atomic E-state index is 11.9. The van der Waals surface area contributed by atoms with E-state index in [1.165, 1.54) is 18.5 Å². The first-order valence-electron chi connectivity index (χ1n) is 6.68. The van der Waals surface area contributed by atoms with Gasteiger partial charge >= 0.3 is 0 Å². The van der Waals surface area contributed by atoms with Crippen LogP contribution in [-0.4, -0.2) is 57.3 Å².